The lowest BCUT2D eigenvalue weighted by Gasteiger charge is -2.13. The van der Waals surface area contributed by atoms with Crippen LogP contribution in [0.25, 0.3) is 0 Å². The second-order valence-electron chi connectivity index (χ2n) is 5.30. The molecule has 1 rings (SSSR count). The lowest BCUT2D eigenvalue weighted by Crippen LogP contribution is -2.08. The van der Waals surface area contributed by atoms with Crippen molar-refractivity contribution in [1.82, 2.24) is 0 Å². The fourth-order valence-electron chi connectivity index (χ4n) is 2.23. The third-order valence-corrected chi connectivity index (χ3v) is 3.42. The predicted octanol–water partition coefficient (Wildman–Crippen LogP) is 4.84. The van der Waals surface area contributed by atoms with E-state index in [0.29, 0.717) is 0 Å². The summed E-state index contributed by atoms with van der Waals surface area (Å²) in [6.45, 7) is 5.05. The number of benzene rings is 1. The highest BCUT2D eigenvalue weighted by molar-refractivity contribution is 5.35. The largest absolute Gasteiger partial charge is 0.493 e. The molecule has 2 nitrogen and oxygen atoms in total. The lowest BCUT2D eigenvalue weighted by atomic mass is 10.1. The van der Waals surface area contributed by atoms with E-state index < -0.39 is 0 Å². The number of hydrogen-bond acceptors (Lipinski definition) is 2. The topological polar surface area (TPSA) is 35.2 Å². The highest BCUT2D eigenvalue weighted by Crippen LogP contribution is 2.23. The van der Waals surface area contributed by atoms with E-state index in [1.807, 2.05) is 31.2 Å². The van der Waals surface area contributed by atoms with Gasteiger partial charge in [-0.1, -0.05) is 63.6 Å². The van der Waals surface area contributed by atoms with Gasteiger partial charge in [-0.05, 0) is 19.4 Å². The fourth-order valence-corrected chi connectivity index (χ4v) is 2.23. The van der Waals surface area contributed by atoms with Crippen molar-refractivity contribution in [3.8, 4) is 5.75 Å². The van der Waals surface area contributed by atoms with Crippen molar-refractivity contribution in [2.45, 2.75) is 64.8 Å². The Kier molecular flexibility index (Phi) is 8.31. The predicted molar refractivity (Wildman–Crippen MR) is 82.5 cm³/mol. The van der Waals surface area contributed by atoms with Gasteiger partial charge in [0, 0.05) is 11.6 Å². The van der Waals surface area contributed by atoms with Crippen LogP contribution >= 0.6 is 0 Å². The molecule has 0 fully saturated rings. The van der Waals surface area contributed by atoms with Gasteiger partial charge in [-0.15, -0.1) is 0 Å². The average molecular weight is 263 g/mol. The van der Waals surface area contributed by atoms with Gasteiger partial charge in [0.1, 0.15) is 5.75 Å². The van der Waals surface area contributed by atoms with E-state index in [1.165, 1.54) is 38.5 Å². The molecular weight excluding hydrogens is 234 g/mol. The van der Waals surface area contributed by atoms with E-state index >= 15 is 0 Å². The summed E-state index contributed by atoms with van der Waals surface area (Å²) in [4.78, 5) is 0. The van der Waals surface area contributed by atoms with Crippen LogP contribution in [0.1, 0.15) is 70.4 Å². The van der Waals surface area contributed by atoms with Gasteiger partial charge in [-0.25, -0.2) is 0 Å². The molecule has 0 aromatic heterocycles. The van der Waals surface area contributed by atoms with Crippen molar-refractivity contribution in [3.05, 3.63) is 29.8 Å². The quantitative estimate of drug-likeness (QED) is 0.613. The first-order valence-electron chi connectivity index (χ1n) is 7.73. The molecule has 0 radical (unpaired) electrons. The van der Waals surface area contributed by atoms with Gasteiger partial charge in [0.25, 0.3) is 0 Å². The second kappa shape index (κ2) is 9.85. The van der Waals surface area contributed by atoms with Gasteiger partial charge < -0.3 is 10.5 Å². The van der Waals surface area contributed by atoms with Gasteiger partial charge in [-0.2, -0.15) is 0 Å². The summed E-state index contributed by atoms with van der Waals surface area (Å²) in [5, 5.41) is 0. The van der Waals surface area contributed by atoms with Crippen LogP contribution in [-0.2, 0) is 0 Å². The zero-order valence-electron chi connectivity index (χ0n) is 12.5. The molecule has 19 heavy (non-hydrogen) atoms. The Labute approximate surface area is 118 Å². The molecular formula is C17H29NO. The average Bonchev–Trinajstić information content (AvgIpc) is 2.42. The Balaban J connectivity index is 2.16. The summed E-state index contributed by atoms with van der Waals surface area (Å²) in [7, 11) is 0. The van der Waals surface area contributed by atoms with Gasteiger partial charge >= 0.3 is 0 Å². The van der Waals surface area contributed by atoms with Crippen molar-refractivity contribution in [1.29, 1.82) is 0 Å². The van der Waals surface area contributed by atoms with E-state index in [0.717, 1.165) is 24.3 Å². The van der Waals surface area contributed by atoms with E-state index in [9.17, 15) is 0 Å². The van der Waals surface area contributed by atoms with Gasteiger partial charge in [0.05, 0.1) is 6.61 Å². The molecule has 0 saturated carbocycles. The number of unbranched alkanes of at least 4 members (excludes halogenated alkanes) is 6. The van der Waals surface area contributed by atoms with Gasteiger partial charge in [0.15, 0.2) is 0 Å². The summed E-state index contributed by atoms with van der Waals surface area (Å²) in [6, 6.07) is 8.11. The van der Waals surface area contributed by atoms with Crippen molar-refractivity contribution in [2.24, 2.45) is 5.73 Å². The van der Waals surface area contributed by atoms with E-state index in [1.54, 1.807) is 0 Å². The van der Waals surface area contributed by atoms with Crippen molar-refractivity contribution < 1.29 is 4.74 Å². The standard InChI is InChI=1S/C17H29NO/c1-3-4-5-6-7-8-11-14-19-17-13-10-9-12-16(17)15(2)18/h9-10,12-13,15H,3-8,11,14,18H2,1-2H3. The molecule has 1 atom stereocenters. The summed E-state index contributed by atoms with van der Waals surface area (Å²) in [6.07, 6.45) is 9.17. The molecule has 1 aromatic carbocycles. The fraction of sp³-hybridized carbons (Fsp3) is 0.647. The SMILES string of the molecule is CCCCCCCCCOc1ccccc1C(C)N. The van der Waals surface area contributed by atoms with Crippen LogP contribution in [0.5, 0.6) is 5.75 Å². The highest BCUT2D eigenvalue weighted by Gasteiger charge is 2.06. The number of hydrogen-bond donors (Lipinski definition) is 1. The molecule has 2 N–H and O–H groups in total. The molecule has 0 bridgehead atoms. The van der Waals surface area contributed by atoms with Crippen molar-refractivity contribution in [2.75, 3.05) is 6.61 Å². The van der Waals surface area contributed by atoms with Crippen LogP contribution in [0.2, 0.25) is 0 Å². The second-order valence-corrected chi connectivity index (χ2v) is 5.30. The van der Waals surface area contributed by atoms with Gasteiger partial charge in [-0.3, -0.25) is 0 Å². The third kappa shape index (κ3) is 6.63. The smallest absolute Gasteiger partial charge is 0.124 e. The van der Waals surface area contributed by atoms with Crippen LogP contribution in [0.3, 0.4) is 0 Å². The summed E-state index contributed by atoms with van der Waals surface area (Å²) >= 11 is 0. The van der Waals surface area contributed by atoms with Crippen molar-refractivity contribution in [3.63, 3.8) is 0 Å². The molecule has 0 aliphatic carbocycles. The lowest BCUT2D eigenvalue weighted by molar-refractivity contribution is 0.300. The molecule has 0 spiro atoms. The maximum Gasteiger partial charge on any atom is 0.124 e. The Morgan fingerprint density at radius 1 is 1.00 bits per heavy atom. The summed E-state index contributed by atoms with van der Waals surface area (Å²) < 4.78 is 5.85. The number of para-hydroxylation sites is 1. The normalized spacial score (nSPS) is 12.4. The van der Waals surface area contributed by atoms with Gasteiger partial charge in [0.2, 0.25) is 0 Å². The van der Waals surface area contributed by atoms with Crippen LogP contribution in [0.4, 0.5) is 0 Å². The summed E-state index contributed by atoms with van der Waals surface area (Å²) in [5.74, 6) is 0.948. The first kappa shape index (κ1) is 16.0. The molecule has 0 aliphatic heterocycles. The Hall–Kier alpha value is -1.02. The minimum Gasteiger partial charge on any atom is -0.493 e. The van der Waals surface area contributed by atoms with E-state index in [-0.39, 0.29) is 6.04 Å². The van der Waals surface area contributed by atoms with Crippen LogP contribution in [0, 0.1) is 0 Å². The third-order valence-electron chi connectivity index (χ3n) is 3.42. The summed E-state index contributed by atoms with van der Waals surface area (Å²) in [5.41, 5.74) is 7.04. The minimum absolute atomic E-state index is 0.0326. The van der Waals surface area contributed by atoms with Crippen LogP contribution < -0.4 is 10.5 Å². The molecule has 2 heteroatoms. The highest BCUT2D eigenvalue weighted by atomic mass is 16.5. The molecule has 0 saturated heterocycles. The maximum absolute atomic E-state index is 5.93. The molecule has 108 valence electrons. The Morgan fingerprint density at radius 2 is 1.63 bits per heavy atom. The van der Waals surface area contributed by atoms with E-state index in [2.05, 4.69) is 6.92 Å². The van der Waals surface area contributed by atoms with Crippen LogP contribution in [0.15, 0.2) is 24.3 Å². The Morgan fingerprint density at radius 3 is 2.32 bits per heavy atom. The van der Waals surface area contributed by atoms with E-state index in [4.69, 9.17) is 10.5 Å². The number of nitrogens with two attached hydrogens (primary N) is 1. The number of rotatable bonds is 10. The molecule has 0 heterocycles. The minimum atomic E-state index is 0.0326. The van der Waals surface area contributed by atoms with Crippen molar-refractivity contribution >= 4 is 0 Å². The first-order valence-corrected chi connectivity index (χ1v) is 7.73. The number of ether oxygens (including phenoxy) is 1. The first-order chi connectivity index (χ1) is 9.25. The zero-order valence-corrected chi connectivity index (χ0v) is 12.5. The maximum atomic E-state index is 5.93. The zero-order chi connectivity index (χ0) is 13.9. The molecule has 0 aliphatic rings. The monoisotopic (exact) mass is 263 g/mol. The molecule has 1 aromatic rings. The molecule has 1 unspecified atom stereocenters. The Bertz CT molecular complexity index is 336. The van der Waals surface area contributed by atoms with Crippen LogP contribution in [-0.4, -0.2) is 6.61 Å². The molecule has 0 amide bonds.